The predicted octanol–water partition coefficient (Wildman–Crippen LogP) is 3.51. The molecular weight excluding hydrogens is 227 g/mol. The summed E-state index contributed by atoms with van der Waals surface area (Å²) in [4.78, 5) is 8.21. The summed E-state index contributed by atoms with van der Waals surface area (Å²) in [5, 5.41) is 3.75. The summed E-state index contributed by atoms with van der Waals surface area (Å²) >= 11 is 13.1. The van der Waals surface area contributed by atoms with Crippen molar-refractivity contribution in [2.24, 2.45) is 0 Å². The molecule has 66 valence electrons. The summed E-state index contributed by atoms with van der Waals surface area (Å²) in [5.41, 5.74) is 0.682. The third kappa shape index (κ3) is 1.82. The van der Waals surface area contributed by atoms with E-state index in [0.717, 1.165) is 5.01 Å². The van der Waals surface area contributed by atoms with Gasteiger partial charge in [0.2, 0.25) is 0 Å². The molecule has 0 bridgehead atoms. The van der Waals surface area contributed by atoms with Crippen LogP contribution in [0.15, 0.2) is 23.8 Å². The van der Waals surface area contributed by atoms with Gasteiger partial charge in [-0.1, -0.05) is 23.2 Å². The fourth-order valence-electron chi connectivity index (χ4n) is 0.912. The van der Waals surface area contributed by atoms with E-state index in [0.29, 0.717) is 15.7 Å². The topological polar surface area (TPSA) is 25.8 Å². The highest BCUT2D eigenvalue weighted by molar-refractivity contribution is 7.13. The molecule has 0 saturated heterocycles. The number of thiazole rings is 1. The first kappa shape index (κ1) is 8.94. The van der Waals surface area contributed by atoms with Crippen molar-refractivity contribution in [1.82, 2.24) is 9.97 Å². The normalized spacial score (nSPS) is 10.3. The Balaban J connectivity index is 2.53. The second-order valence-corrected chi connectivity index (χ2v) is 4.06. The van der Waals surface area contributed by atoms with Crippen LogP contribution in [-0.2, 0) is 0 Å². The third-order valence-electron chi connectivity index (χ3n) is 1.44. The lowest BCUT2D eigenvalue weighted by Crippen LogP contribution is -1.83. The smallest absolute Gasteiger partial charge is 0.143 e. The van der Waals surface area contributed by atoms with Gasteiger partial charge in [0.15, 0.2) is 0 Å². The maximum absolute atomic E-state index is 5.94. The van der Waals surface area contributed by atoms with E-state index in [2.05, 4.69) is 9.97 Å². The first-order chi connectivity index (χ1) is 6.27. The van der Waals surface area contributed by atoms with Gasteiger partial charge < -0.3 is 0 Å². The fraction of sp³-hybridized carbons (Fsp3) is 0. The molecule has 0 fully saturated rings. The maximum Gasteiger partial charge on any atom is 0.143 e. The highest BCUT2D eigenvalue weighted by Gasteiger charge is 2.07. The molecule has 0 aliphatic carbocycles. The van der Waals surface area contributed by atoms with E-state index in [-0.39, 0.29) is 0 Å². The number of hydrogen-bond acceptors (Lipinski definition) is 3. The number of nitrogens with zero attached hydrogens (tertiary/aromatic N) is 2. The van der Waals surface area contributed by atoms with Gasteiger partial charge >= 0.3 is 0 Å². The van der Waals surface area contributed by atoms with Crippen molar-refractivity contribution in [3.8, 4) is 10.7 Å². The van der Waals surface area contributed by atoms with Crippen molar-refractivity contribution in [2.75, 3.05) is 0 Å². The van der Waals surface area contributed by atoms with Crippen LogP contribution in [-0.4, -0.2) is 9.97 Å². The Hall–Kier alpha value is -0.640. The minimum atomic E-state index is 0.530. The summed E-state index contributed by atoms with van der Waals surface area (Å²) in [5.74, 6) is 0. The number of rotatable bonds is 1. The molecule has 2 heterocycles. The van der Waals surface area contributed by atoms with Crippen molar-refractivity contribution >= 4 is 34.5 Å². The van der Waals surface area contributed by atoms with Crippen LogP contribution in [0.3, 0.4) is 0 Å². The molecule has 2 nitrogen and oxygen atoms in total. The van der Waals surface area contributed by atoms with Crippen LogP contribution in [0.4, 0.5) is 0 Å². The molecule has 2 rings (SSSR count). The SMILES string of the molecule is Clc1cnc(-c2nccs2)c(Cl)c1. The van der Waals surface area contributed by atoms with Crippen LogP contribution < -0.4 is 0 Å². The average Bonchev–Trinajstić information content (AvgIpc) is 2.56. The molecule has 5 heteroatoms. The van der Waals surface area contributed by atoms with Crippen molar-refractivity contribution in [1.29, 1.82) is 0 Å². The molecule has 0 spiro atoms. The van der Waals surface area contributed by atoms with E-state index in [1.165, 1.54) is 11.3 Å². The van der Waals surface area contributed by atoms with Crippen molar-refractivity contribution in [2.45, 2.75) is 0 Å². The van der Waals surface area contributed by atoms with Crippen LogP contribution in [0.5, 0.6) is 0 Å². The van der Waals surface area contributed by atoms with Crippen LogP contribution in [0.25, 0.3) is 10.7 Å². The molecule has 0 aromatic carbocycles. The number of pyridine rings is 1. The summed E-state index contributed by atoms with van der Waals surface area (Å²) in [6, 6.07) is 1.66. The number of halogens is 2. The lowest BCUT2D eigenvalue weighted by atomic mass is 10.3. The minimum Gasteiger partial charge on any atom is -0.251 e. The van der Waals surface area contributed by atoms with Gasteiger partial charge in [0.05, 0.1) is 10.0 Å². The van der Waals surface area contributed by atoms with Gasteiger partial charge in [-0.15, -0.1) is 11.3 Å². The molecule has 0 radical (unpaired) electrons. The van der Waals surface area contributed by atoms with Gasteiger partial charge in [0.25, 0.3) is 0 Å². The van der Waals surface area contributed by atoms with Crippen LogP contribution in [0.2, 0.25) is 10.0 Å². The van der Waals surface area contributed by atoms with Gasteiger partial charge in [-0.3, -0.25) is 4.98 Å². The monoisotopic (exact) mass is 230 g/mol. The van der Waals surface area contributed by atoms with Crippen molar-refractivity contribution in [3.05, 3.63) is 33.9 Å². The Morgan fingerprint density at radius 3 is 2.69 bits per heavy atom. The number of hydrogen-bond donors (Lipinski definition) is 0. The molecule has 0 N–H and O–H groups in total. The molecule has 0 saturated carbocycles. The molecular formula is C8H4Cl2N2S. The predicted molar refractivity (Wildman–Crippen MR) is 55.4 cm³/mol. The third-order valence-corrected chi connectivity index (χ3v) is 2.72. The van der Waals surface area contributed by atoms with Gasteiger partial charge in [0.1, 0.15) is 10.7 Å². The van der Waals surface area contributed by atoms with E-state index in [9.17, 15) is 0 Å². The first-order valence-corrected chi connectivity index (χ1v) is 5.12. The van der Waals surface area contributed by atoms with Crippen molar-refractivity contribution in [3.63, 3.8) is 0 Å². The van der Waals surface area contributed by atoms with Crippen LogP contribution in [0.1, 0.15) is 0 Å². The largest absolute Gasteiger partial charge is 0.251 e. The molecule has 0 amide bonds. The van der Waals surface area contributed by atoms with Crippen molar-refractivity contribution < 1.29 is 0 Å². The average molecular weight is 231 g/mol. The molecule has 0 unspecified atom stereocenters. The highest BCUT2D eigenvalue weighted by Crippen LogP contribution is 2.28. The molecule has 0 aliphatic heterocycles. The van der Waals surface area contributed by atoms with Gasteiger partial charge in [-0.2, -0.15) is 0 Å². The quantitative estimate of drug-likeness (QED) is 0.750. The zero-order valence-electron chi connectivity index (χ0n) is 6.37. The van der Waals surface area contributed by atoms with Gasteiger partial charge in [0, 0.05) is 17.8 Å². The Kier molecular flexibility index (Phi) is 2.49. The zero-order chi connectivity index (χ0) is 9.26. The second kappa shape index (κ2) is 3.62. The van der Waals surface area contributed by atoms with Gasteiger partial charge in [-0.05, 0) is 6.07 Å². The zero-order valence-corrected chi connectivity index (χ0v) is 8.70. The summed E-state index contributed by atoms with van der Waals surface area (Å²) in [7, 11) is 0. The van der Waals surface area contributed by atoms with Gasteiger partial charge in [-0.25, -0.2) is 4.98 Å². The Morgan fingerprint density at radius 2 is 2.08 bits per heavy atom. The summed E-state index contributed by atoms with van der Waals surface area (Å²) in [6.07, 6.45) is 3.27. The van der Waals surface area contributed by atoms with E-state index < -0.39 is 0 Å². The molecule has 0 aliphatic rings. The number of aromatic nitrogens is 2. The summed E-state index contributed by atoms with van der Waals surface area (Å²) in [6.45, 7) is 0. The lowest BCUT2D eigenvalue weighted by molar-refractivity contribution is 1.29. The molecule has 2 aromatic rings. The van der Waals surface area contributed by atoms with E-state index in [4.69, 9.17) is 23.2 Å². The molecule has 13 heavy (non-hydrogen) atoms. The van der Waals surface area contributed by atoms with E-state index >= 15 is 0 Å². The van der Waals surface area contributed by atoms with Crippen LogP contribution >= 0.6 is 34.5 Å². The Morgan fingerprint density at radius 1 is 1.23 bits per heavy atom. The Bertz CT molecular complexity index is 414. The van der Waals surface area contributed by atoms with Crippen LogP contribution in [0, 0.1) is 0 Å². The fourth-order valence-corrected chi connectivity index (χ4v) is 2.08. The summed E-state index contributed by atoms with van der Waals surface area (Å²) < 4.78 is 0. The van der Waals surface area contributed by atoms with E-state index in [1.807, 2.05) is 5.38 Å². The highest BCUT2D eigenvalue weighted by atomic mass is 35.5. The standard InChI is InChI=1S/C8H4Cl2N2S/c9-5-3-6(10)7(12-4-5)8-11-1-2-13-8/h1-4H. The Labute approximate surface area is 89.2 Å². The lowest BCUT2D eigenvalue weighted by Gasteiger charge is -1.98. The van der Waals surface area contributed by atoms with E-state index in [1.54, 1.807) is 18.5 Å². The second-order valence-electron chi connectivity index (χ2n) is 2.32. The first-order valence-electron chi connectivity index (χ1n) is 3.48. The molecule has 2 aromatic heterocycles. The minimum absolute atomic E-state index is 0.530. The molecule has 0 atom stereocenters. The maximum atomic E-state index is 5.94.